The van der Waals surface area contributed by atoms with Crippen LogP contribution in [0.15, 0.2) is 60.9 Å². The molecule has 8 heteroatoms. The van der Waals surface area contributed by atoms with E-state index in [-0.39, 0.29) is 17.6 Å². The second kappa shape index (κ2) is 11.2. The van der Waals surface area contributed by atoms with E-state index in [1.54, 1.807) is 9.36 Å². The van der Waals surface area contributed by atoms with Crippen LogP contribution < -0.4 is 4.74 Å². The Balaban J connectivity index is 1.41. The van der Waals surface area contributed by atoms with E-state index in [2.05, 4.69) is 40.5 Å². The van der Waals surface area contributed by atoms with Crippen molar-refractivity contribution in [1.82, 2.24) is 24.8 Å². The van der Waals surface area contributed by atoms with Gasteiger partial charge in [-0.3, -0.25) is 4.68 Å². The van der Waals surface area contributed by atoms with Gasteiger partial charge in [-0.1, -0.05) is 55.7 Å². The molecule has 0 bridgehead atoms. The van der Waals surface area contributed by atoms with Crippen LogP contribution in [0.1, 0.15) is 73.6 Å². The zero-order valence-corrected chi connectivity index (χ0v) is 22.2. The van der Waals surface area contributed by atoms with Crippen LogP contribution in [-0.2, 0) is 13.5 Å². The molecule has 1 unspecified atom stereocenters. The van der Waals surface area contributed by atoms with Gasteiger partial charge in [0.05, 0.1) is 29.4 Å². The molecule has 198 valence electrons. The molecule has 1 saturated carbocycles. The first-order valence-electron chi connectivity index (χ1n) is 13.4. The lowest BCUT2D eigenvalue weighted by molar-refractivity contribution is 0.0695. The fourth-order valence-corrected chi connectivity index (χ4v) is 5.44. The summed E-state index contributed by atoms with van der Waals surface area (Å²) in [7, 11) is 1.82. The fraction of sp³-hybridized carbons (Fsp3) is 0.400. The molecule has 4 aromatic rings. The van der Waals surface area contributed by atoms with E-state index in [4.69, 9.17) is 4.74 Å². The lowest BCUT2D eigenvalue weighted by Crippen LogP contribution is -2.25. The van der Waals surface area contributed by atoms with Crippen LogP contribution in [0.5, 0.6) is 5.75 Å². The van der Waals surface area contributed by atoms with Crippen LogP contribution in [0.3, 0.4) is 0 Å². The van der Waals surface area contributed by atoms with Crippen molar-refractivity contribution in [3.8, 4) is 22.6 Å². The third-order valence-electron chi connectivity index (χ3n) is 7.62. The van der Waals surface area contributed by atoms with Gasteiger partial charge in [0.2, 0.25) is 0 Å². The molecule has 0 aliphatic heterocycles. The largest absolute Gasteiger partial charge is 0.490 e. The molecule has 5 rings (SSSR count). The van der Waals surface area contributed by atoms with Gasteiger partial charge in [0.1, 0.15) is 11.3 Å². The molecule has 1 fully saturated rings. The summed E-state index contributed by atoms with van der Waals surface area (Å²) in [5, 5.41) is 22.5. The number of rotatable bonds is 9. The predicted octanol–water partition coefficient (Wildman–Crippen LogP) is 6.06. The third-order valence-corrected chi connectivity index (χ3v) is 7.62. The summed E-state index contributed by atoms with van der Waals surface area (Å²) in [5.74, 6) is 0.462. The molecule has 8 nitrogen and oxygen atoms in total. The Hall–Kier alpha value is -3.94. The maximum Gasteiger partial charge on any atom is 0.339 e. The minimum Gasteiger partial charge on any atom is -0.490 e. The molecule has 0 spiro atoms. The highest BCUT2D eigenvalue weighted by Crippen LogP contribution is 2.31. The fourth-order valence-electron chi connectivity index (χ4n) is 5.44. The second-order valence-electron chi connectivity index (χ2n) is 10.4. The number of carboxylic acids is 1. The van der Waals surface area contributed by atoms with E-state index in [0.29, 0.717) is 18.0 Å². The Morgan fingerprint density at radius 1 is 1.08 bits per heavy atom. The van der Waals surface area contributed by atoms with Gasteiger partial charge in [0.25, 0.3) is 0 Å². The number of aryl methyl sites for hydroxylation is 1. The van der Waals surface area contributed by atoms with E-state index in [1.807, 2.05) is 50.5 Å². The smallest absolute Gasteiger partial charge is 0.339 e. The summed E-state index contributed by atoms with van der Waals surface area (Å²) in [6, 6.07) is 16.2. The van der Waals surface area contributed by atoms with Crippen molar-refractivity contribution < 1.29 is 14.6 Å². The molecule has 2 heterocycles. The lowest BCUT2D eigenvalue weighted by atomic mass is 9.86. The van der Waals surface area contributed by atoms with Crippen molar-refractivity contribution in [3.63, 3.8) is 0 Å². The molecular formula is C30H35N5O3. The Kier molecular flexibility index (Phi) is 7.58. The molecule has 1 N–H and O–H groups in total. The standard InChI is InChI=1S/C30H35N5O3/c1-20(28-19-34(3)33-32-28)15-29-27(30(36)37)18-31-35(29)25-13-7-11-23(16-25)24-12-8-14-26(17-24)38-21(2)22-9-5-4-6-10-22/h7-8,11-14,16-22H,4-6,9-10,15H2,1-3H3,(H,36,37)/t20?,21-/m0/s1. The first kappa shape index (κ1) is 25.7. The minimum absolute atomic E-state index is 0.0274. The highest BCUT2D eigenvalue weighted by atomic mass is 16.5. The van der Waals surface area contributed by atoms with E-state index >= 15 is 0 Å². The Bertz CT molecular complexity index is 1400. The zero-order chi connectivity index (χ0) is 26.6. The Morgan fingerprint density at radius 2 is 1.82 bits per heavy atom. The van der Waals surface area contributed by atoms with Gasteiger partial charge in [-0.25, -0.2) is 9.48 Å². The predicted molar refractivity (Wildman–Crippen MR) is 146 cm³/mol. The lowest BCUT2D eigenvalue weighted by Gasteiger charge is -2.28. The van der Waals surface area contributed by atoms with Crippen LogP contribution in [-0.4, -0.2) is 42.0 Å². The number of nitrogens with zero attached hydrogens (tertiary/aromatic N) is 5. The van der Waals surface area contributed by atoms with Crippen LogP contribution >= 0.6 is 0 Å². The van der Waals surface area contributed by atoms with Crippen molar-refractivity contribution >= 4 is 5.97 Å². The number of aromatic carboxylic acids is 1. The molecule has 2 aromatic heterocycles. The first-order valence-corrected chi connectivity index (χ1v) is 13.4. The van der Waals surface area contributed by atoms with Crippen molar-refractivity contribution in [1.29, 1.82) is 0 Å². The number of carbonyl (C=O) groups is 1. The number of hydrogen-bond donors (Lipinski definition) is 1. The molecule has 2 aromatic carbocycles. The normalized spacial score (nSPS) is 15.8. The molecule has 0 radical (unpaired) electrons. The number of benzene rings is 2. The van der Waals surface area contributed by atoms with Crippen molar-refractivity contribution in [2.24, 2.45) is 13.0 Å². The first-order chi connectivity index (χ1) is 18.4. The third kappa shape index (κ3) is 5.64. The van der Waals surface area contributed by atoms with Gasteiger partial charge >= 0.3 is 5.97 Å². The van der Waals surface area contributed by atoms with Crippen LogP contribution in [0.4, 0.5) is 0 Å². The zero-order valence-electron chi connectivity index (χ0n) is 22.2. The number of carboxylic acid groups (broad SMARTS) is 1. The molecule has 0 saturated heterocycles. The van der Waals surface area contributed by atoms with Crippen LogP contribution in [0.2, 0.25) is 0 Å². The topological polar surface area (TPSA) is 95.1 Å². The maximum atomic E-state index is 12.0. The van der Waals surface area contributed by atoms with Crippen LogP contribution in [0, 0.1) is 5.92 Å². The van der Waals surface area contributed by atoms with Crippen molar-refractivity contribution in [3.05, 3.63) is 77.9 Å². The van der Waals surface area contributed by atoms with Gasteiger partial charge in [0.15, 0.2) is 0 Å². The Morgan fingerprint density at radius 3 is 2.53 bits per heavy atom. The molecule has 2 atom stereocenters. The van der Waals surface area contributed by atoms with Gasteiger partial charge in [0, 0.05) is 19.2 Å². The van der Waals surface area contributed by atoms with Gasteiger partial charge in [-0.2, -0.15) is 5.10 Å². The molecule has 1 aliphatic rings. The van der Waals surface area contributed by atoms with Crippen LogP contribution in [0.25, 0.3) is 16.8 Å². The highest BCUT2D eigenvalue weighted by Gasteiger charge is 2.23. The van der Waals surface area contributed by atoms with Crippen molar-refractivity contribution in [2.75, 3.05) is 0 Å². The second-order valence-corrected chi connectivity index (χ2v) is 10.4. The van der Waals surface area contributed by atoms with Gasteiger partial charge < -0.3 is 9.84 Å². The highest BCUT2D eigenvalue weighted by molar-refractivity contribution is 5.89. The average molecular weight is 514 g/mol. The molecule has 0 amide bonds. The Labute approximate surface area is 223 Å². The number of hydrogen-bond acceptors (Lipinski definition) is 5. The number of aromatic nitrogens is 5. The number of ether oxygens (including phenoxy) is 1. The summed E-state index contributed by atoms with van der Waals surface area (Å²) in [6.45, 7) is 4.20. The summed E-state index contributed by atoms with van der Waals surface area (Å²) in [5.41, 5.74) is 4.49. The molecule has 38 heavy (non-hydrogen) atoms. The SMILES string of the molecule is CC(Cc1c(C(=O)O)cnn1-c1cccc(-c2cccc(O[C@@H](C)C3CCCCC3)c2)c1)c1cn(C)nn1. The molecular weight excluding hydrogens is 478 g/mol. The van der Waals surface area contributed by atoms with Gasteiger partial charge in [-0.05, 0) is 67.5 Å². The monoisotopic (exact) mass is 513 g/mol. The van der Waals surface area contributed by atoms with E-state index in [9.17, 15) is 9.90 Å². The minimum atomic E-state index is -0.995. The summed E-state index contributed by atoms with van der Waals surface area (Å²) in [6.07, 6.45) is 10.3. The quantitative estimate of drug-likeness (QED) is 0.292. The van der Waals surface area contributed by atoms with E-state index in [0.717, 1.165) is 28.3 Å². The van der Waals surface area contributed by atoms with E-state index < -0.39 is 5.97 Å². The maximum absolute atomic E-state index is 12.0. The van der Waals surface area contributed by atoms with Gasteiger partial charge in [-0.15, -0.1) is 5.10 Å². The summed E-state index contributed by atoms with van der Waals surface area (Å²) in [4.78, 5) is 12.0. The molecule has 1 aliphatic carbocycles. The summed E-state index contributed by atoms with van der Waals surface area (Å²) < 4.78 is 9.75. The van der Waals surface area contributed by atoms with Crippen molar-refractivity contribution in [2.45, 2.75) is 64.4 Å². The summed E-state index contributed by atoms with van der Waals surface area (Å²) >= 11 is 0. The average Bonchev–Trinajstić information content (AvgIpc) is 3.56. The van der Waals surface area contributed by atoms with E-state index in [1.165, 1.54) is 38.3 Å².